The normalized spacial score (nSPS) is 24.8. The van der Waals surface area contributed by atoms with Crippen molar-refractivity contribution in [2.45, 2.75) is 55.7 Å². The van der Waals surface area contributed by atoms with Crippen molar-refractivity contribution < 1.29 is 0 Å². The Morgan fingerprint density at radius 3 is 2.73 bits per heavy atom. The van der Waals surface area contributed by atoms with E-state index in [0.717, 1.165) is 22.7 Å². The summed E-state index contributed by atoms with van der Waals surface area (Å²) in [7, 11) is 0. The van der Waals surface area contributed by atoms with Crippen LogP contribution in [0.4, 0.5) is 5.69 Å². The maximum absolute atomic E-state index is 7.19. The number of amidine groups is 1. The van der Waals surface area contributed by atoms with Gasteiger partial charge in [0.1, 0.15) is 0 Å². The molecule has 6 heteroatoms. The number of hydrogen-bond donors (Lipinski definition) is 1. The summed E-state index contributed by atoms with van der Waals surface area (Å²) in [6.07, 6.45) is 10.9. The van der Waals surface area contributed by atoms with E-state index in [2.05, 4.69) is 28.2 Å². The molecule has 1 saturated carbocycles. The van der Waals surface area contributed by atoms with Crippen molar-refractivity contribution in [1.82, 2.24) is 4.98 Å². The largest absolute Gasteiger partial charge is 0.378 e. The van der Waals surface area contributed by atoms with Crippen LogP contribution in [0.1, 0.15) is 50.3 Å². The molecule has 1 aliphatic carbocycles. The van der Waals surface area contributed by atoms with Crippen LogP contribution in [0.3, 0.4) is 0 Å². The first-order valence-electron chi connectivity index (χ1n) is 8.98. The quantitative estimate of drug-likeness (QED) is 0.675. The Bertz CT molecular complexity index is 889. The first-order valence-corrected chi connectivity index (χ1v) is 10.7. The molecule has 0 saturated heterocycles. The number of pyridine rings is 1. The predicted octanol–water partition coefficient (Wildman–Crippen LogP) is 5.73. The number of nitrogens with two attached hydrogens (primary N) is 1. The highest BCUT2D eigenvalue weighted by molar-refractivity contribution is 8.15. The molecular formula is C20H22N4S2. The Morgan fingerprint density at radius 2 is 1.96 bits per heavy atom. The van der Waals surface area contributed by atoms with Crippen LogP contribution >= 0.6 is 23.1 Å². The maximum Gasteiger partial charge on any atom is 0.205 e. The number of hydrogen-bond acceptors (Lipinski definition) is 5. The molecule has 2 aliphatic rings. The molecular weight excluding hydrogens is 360 g/mol. The maximum atomic E-state index is 7.19. The van der Waals surface area contributed by atoms with Crippen LogP contribution in [0.2, 0.25) is 0 Å². The van der Waals surface area contributed by atoms with Crippen molar-refractivity contribution in [1.29, 1.82) is 0 Å². The second-order valence-electron chi connectivity index (χ2n) is 7.49. The number of aromatic nitrogens is 1. The van der Waals surface area contributed by atoms with E-state index in [4.69, 9.17) is 17.3 Å². The Kier molecular flexibility index (Phi) is 4.54. The van der Waals surface area contributed by atoms with Gasteiger partial charge in [0.2, 0.25) is 5.69 Å². The molecule has 0 radical (unpaired) electrons. The molecule has 0 aromatic carbocycles. The molecule has 2 aromatic rings. The highest BCUT2D eigenvalue weighted by atomic mass is 32.2. The monoisotopic (exact) mass is 382 g/mol. The second-order valence-corrected chi connectivity index (χ2v) is 9.89. The lowest BCUT2D eigenvalue weighted by molar-refractivity contribution is 0.306. The van der Waals surface area contributed by atoms with E-state index in [9.17, 15) is 0 Å². The zero-order valence-corrected chi connectivity index (χ0v) is 16.5. The fourth-order valence-corrected chi connectivity index (χ4v) is 6.79. The van der Waals surface area contributed by atoms with Gasteiger partial charge in [-0.25, -0.2) is 4.85 Å². The van der Waals surface area contributed by atoms with Crippen LogP contribution in [-0.2, 0) is 5.54 Å². The minimum absolute atomic E-state index is 0.245. The standard InChI is InChI=1S/C20H22N4S2/c1-19(13-20(26-18(21)24-19)6-4-3-5-7-20)17-9-15(12-25-17)14-8-16(22-2)11-23-10-14/h8-12H,3-7,13H2,1H3,(H2,21,24)/t19-/m1/s1. The Labute approximate surface area is 162 Å². The van der Waals surface area contributed by atoms with Gasteiger partial charge in [-0.15, -0.1) is 11.3 Å². The summed E-state index contributed by atoms with van der Waals surface area (Å²) in [5, 5.41) is 2.87. The number of aliphatic imine (C=N–C) groups is 1. The summed E-state index contributed by atoms with van der Waals surface area (Å²) in [5.74, 6) is 0. The third-order valence-electron chi connectivity index (χ3n) is 5.43. The summed E-state index contributed by atoms with van der Waals surface area (Å²) in [4.78, 5) is 13.8. The minimum Gasteiger partial charge on any atom is -0.378 e. The minimum atomic E-state index is -0.263. The summed E-state index contributed by atoms with van der Waals surface area (Å²) in [6, 6.07) is 4.10. The third kappa shape index (κ3) is 3.26. The van der Waals surface area contributed by atoms with E-state index >= 15 is 0 Å². The number of rotatable bonds is 2. The van der Waals surface area contributed by atoms with Gasteiger partial charge in [0.15, 0.2) is 5.17 Å². The summed E-state index contributed by atoms with van der Waals surface area (Å²) in [6.45, 7) is 9.41. The van der Waals surface area contributed by atoms with Crippen molar-refractivity contribution in [2.24, 2.45) is 10.7 Å². The highest BCUT2D eigenvalue weighted by Gasteiger charge is 2.45. The lowest BCUT2D eigenvalue weighted by Gasteiger charge is -2.45. The predicted molar refractivity (Wildman–Crippen MR) is 111 cm³/mol. The van der Waals surface area contributed by atoms with Gasteiger partial charge in [0, 0.05) is 22.0 Å². The molecule has 134 valence electrons. The smallest absolute Gasteiger partial charge is 0.205 e. The molecule has 4 rings (SSSR count). The van der Waals surface area contributed by atoms with Crippen molar-refractivity contribution in [2.75, 3.05) is 0 Å². The number of thiophene rings is 1. The molecule has 26 heavy (non-hydrogen) atoms. The topological polar surface area (TPSA) is 55.6 Å². The fourth-order valence-electron chi connectivity index (χ4n) is 4.22. The van der Waals surface area contributed by atoms with Gasteiger partial charge in [-0.05, 0) is 54.8 Å². The van der Waals surface area contributed by atoms with Crippen molar-refractivity contribution in [3.8, 4) is 11.1 Å². The lowest BCUT2D eigenvalue weighted by Crippen LogP contribution is -2.42. The van der Waals surface area contributed by atoms with Gasteiger partial charge in [0.05, 0.1) is 12.1 Å². The Hall–Kier alpha value is -1.84. The van der Waals surface area contributed by atoms with Crippen LogP contribution in [-0.4, -0.2) is 14.9 Å². The van der Waals surface area contributed by atoms with E-state index in [1.165, 1.54) is 37.0 Å². The summed E-state index contributed by atoms with van der Waals surface area (Å²) >= 11 is 3.54. The number of thioether (sulfide) groups is 1. The van der Waals surface area contributed by atoms with Crippen molar-refractivity contribution >= 4 is 34.0 Å². The molecule has 1 aliphatic heterocycles. The fraction of sp³-hybridized carbons (Fsp3) is 0.450. The van der Waals surface area contributed by atoms with Gasteiger partial charge in [-0.1, -0.05) is 31.0 Å². The summed E-state index contributed by atoms with van der Waals surface area (Å²) < 4.78 is 0.245. The summed E-state index contributed by atoms with van der Waals surface area (Å²) in [5.41, 5.74) is 8.68. The van der Waals surface area contributed by atoms with Gasteiger partial charge in [-0.3, -0.25) is 9.98 Å². The average Bonchev–Trinajstić information content (AvgIpc) is 3.12. The van der Waals surface area contributed by atoms with E-state index in [0.29, 0.717) is 5.69 Å². The Morgan fingerprint density at radius 1 is 1.15 bits per heavy atom. The van der Waals surface area contributed by atoms with Crippen LogP contribution in [0.5, 0.6) is 0 Å². The SMILES string of the molecule is [C-]#[N+]c1cncc(-c2csc([C@@]3(C)CC4(CCCCC4)SC(N)=N3)c2)c1. The molecule has 4 nitrogen and oxygen atoms in total. The average molecular weight is 383 g/mol. The molecule has 1 spiro atoms. The zero-order chi connectivity index (χ0) is 18.2. The molecule has 3 heterocycles. The van der Waals surface area contributed by atoms with Crippen LogP contribution < -0.4 is 5.73 Å². The van der Waals surface area contributed by atoms with E-state index in [1.807, 2.05) is 12.3 Å². The molecule has 2 N–H and O–H groups in total. The first kappa shape index (κ1) is 17.6. The van der Waals surface area contributed by atoms with Gasteiger partial charge < -0.3 is 5.73 Å². The first-order chi connectivity index (χ1) is 12.5. The van der Waals surface area contributed by atoms with Crippen LogP contribution in [0.15, 0.2) is 34.9 Å². The van der Waals surface area contributed by atoms with Gasteiger partial charge in [-0.2, -0.15) is 0 Å². The van der Waals surface area contributed by atoms with Crippen LogP contribution in [0, 0.1) is 6.57 Å². The molecule has 1 fully saturated rings. The van der Waals surface area contributed by atoms with Crippen molar-refractivity contribution in [3.63, 3.8) is 0 Å². The van der Waals surface area contributed by atoms with E-state index < -0.39 is 0 Å². The van der Waals surface area contributed by atoms with Gasteiger partial charge >= 0.3 is 0 Å². The second kappa shape index (κ2) is 6.71. The molecule has 0 amide bonds. The molecule has 0 bridgehead atoms. The lowest BCUT2D eigenvalue weighted by atomic mass is 9.78. The van der Waals surface area contributed by atoms with E-state index in [-0.39, 0.29) is 10.3 Å². The highest BCUT2D eigenvalue weighted by Crippen LogP contribution is 2.53. The van der Waals surface area contributed by atoms with Crippen molar-refractivity contribution in [3.05, 3.63) is 46.2 Å². The van der Waals surface area contributed by atoms with Crippen LogP contribution in [0.25, 0.3) is 16.0 Å². The Balaban J connectivity index is 1.67. The number of nitrogens with zero attached hydrogens (tertiary/aromatic N) is 3. The molecule has 1 atom stereocenters. The van der Waals surface area contributed by atoms with E-state index in [1.54, 1.807) is 29.3 Å². The molecule has 0 unspecified atom stereocenters. The van der Waals surface area contributed by atoms with Gasteiger partial charge in [0.25, 0.3) is 0 Å². The molecule has 2 aromatic heterocycles. The third-order valence-corrected chi connectivity index (χ3v) is 7.90. The zero-order valence-electron chi connectivity index (χ0n) is 14.9.